The summed E-state index contributed by atoms with van der Waals surface area (Å²) >= 11 is -1.54. The first-order chi connectivity index (χ1) is 14.4. The van der Waals surface area contributed by atoms with Crippen LogP contribution in [0.2, 0.25) is 0 Å². The molecule has 2 N–H and O–H groups in total. The quantitative estimate of drug-likeness (QED) is 0.534. The summed E-state index contributed by atoms with van der Waals surface area (Å²) in [5.74, 6) is -0.203. The van der Waals surface area contributed by atoms with Crippen LogP contribution in [-0.4, -0.2) is 17.6 Å². The number of benzene rings is 3. The van der Waals surface area contributed by atoms with Crippen LogP contribution < -0.4 is 14.8 Å². The average molecular weight is 427 g/mol. The molecule has 156 valence electrons. The highest BCUT2D eigenvalue weighted by Gasteiger charge is 2.20. The molecule has 5 nitrogen and oxygen atoms in total. The number of hydrogen-bond acceptors (Lipinski definition) is 4. The van der Waals surface area contributed by atoms with Crippen LogP contribution in [0.3, 0.4) is 0 Å². The van der Waals surface area contributed by atoms with Gasteiger partial charge in [-0.05, 0) is 61.9 Å². The zero-order valence-corrected chi connectivity index (χ0v) is 17.8. The Hall–Kier alpha value is -3.03. The number of methoxy groups -OCH3 is 1. The lowest BCUT2D eigenvalue weighted by Gasteiger charge is -2.18. The van der Waals surface area contributed by atoms with Crippen LogP contribution in [0.4, 0.5) is 10.1 Å². The largest absolute Gasteiger partial charge is 0.588 e. The number of anilines is 1. The Morgan fingerprint density at radius 2 is 1.73 bits per heavy atom. The van der Waals surface area contributed by atoms with E-state index in [9.17, 15) is 13.7 Å². The van der Waals surface area contributed by atoms with Crippen molar-refractivity contribution in [3.63, 3.8) is 0 Å². The summed E-state index contributed by atoms with van der Waals surface area (Å²) in [7, 11) is 1.51. The minimum atomic E-state index is -1.54. The molecule has 2 atom stereocenters. The van der Waals surface area contributed by atoms with E-state index in [0.717, 1.165) is 11.1 Å². The van der Waals surface area contributed by atoms with Crippen molar-refractivity contribution >= 4 is 23.0 Å². The lowest BCUT2D eigenvalue weighted by molar-refractivity contribution is 0.0940. The number of ether oxygens (including phenoxy) is 1. The normalized spacial score (nSPS) is 12.7. The molecule has 3 aromatic carbocycles. The van der Waals surface area contributed by atoms with Gasteiger partial charge in [0.1, 0.15) is 22.9 Å². The van der Waals surface area contributed by atoms with E-state index in [1.807, 2.05) is 26.0 Å². The van der Waals surface area contributed by atoms with E-state index in [-0.39, 0.29) is 17.8 Å². The summed E-state index contributed by atoms with van der Waals surface area (Å²) in [5.41, 5.74) is 2.54. The van der Waals surface area contributed by atoms with Crippen LogP contribution in [0.15, 0.2) is 71.6 Å². The van der Waals surface area contributed by atoms with Crippen LogP contribution in [0.5, 0.6) is 5.75 Å². The van der Waals surface area contributed by atoms with E-state index in [1.54, 1.807) is 42.5 Å². The Labute approximate surface area is 178 Å². The molecule has 0 aliphatic heterocycles. The molecular formula is C23H23FN2O3S. The number of aryl methyl sites for hydroxylation is 1. The van der Waals surface area contributed by atoms with Crippen LogP contribution in [0.1, 0.15) is 34.5 Å². The average Bonchev–Trinajstić information content (AvgIpc) is 2.74. The van der Waals surface area contributed by atoms with Crippen molar-refractivity contribution in [3.8, 4) is 5.75 Å². The zero-order valence-electron chi connectivity index (χ0n) is 16.9. The van der Waals surface area contributed by atoms with Gasteiger partial charge >= 0.3 is 0 Å². The summed E-state index contributed by atoms with van der Waals surface area (Å²) in [4.78, 5) is 13.6. The van der Waals surface area contributed by atoms with Gasteiger partial charge in [-0.3, -0.25) is 4.79 Å². The molecule has 0 saturated heterocycles. The molecule has 30 heavy (non-hydrogen) atoms. The Morgan fingerprint density at radius 1 is 1.07 bits per heavy atom. The highest BCUT2D eigenvalue weighted by molar-refractivity contribution is 7.92. The summed E-state index contributed by atoms with van der Waals surface area (Å²) in [6, 6.07) is 17.8. The molecule has 3 rings (SSSR count). The molecule has 0 bridgehead atoms. The lowest BCUT2D eigenvalue weighted by Crippen LogP contribution is -2.28. The van der Waals surface area contributed by atoms with Crippen molar-refractivity contribution < 1.29 is 18.5 Å². The first-order valence-corrected chi connectivity index (χ1v) is 10.5. The second-order valence-corrected chi connectivity index (χ2v) is 8.06. The van der Waals surface area contributed by atoms with E-state index >= 15 is 0 Å². The maximum atomic E-state index is 13.2. The van der Waals surface area contributed by atoms with Gasteiger partial charge in [-0.15, -0.1) is 0 Å². The second-order valence-electron chi connectivity index (χ2n) is 6.84. The maximum absolute atomic E-state index is 13.2. The molecule has 0 spiro atoms. The van der Waals surface area contributed by atoms with Gasteiger partial charge in [0.25, 0.3) is 5.91 Å². The molecule has 0 aliphatic rings. The van der Waals surface area contributed by atoms with Crippen molar-refractivity contribution in [2.75, 3.05) is 11.8 Å². The minimum absolute atomic E-state index is 0.295. The third kappa shape index (κ3) is 5.31. The van der Waals surface area contributed by atoms with E-state index < -0.39 is 11.4 Å². The molecular weight excluding hydrogens is 403 g/mol. The van der Waals surface area contributed by atoms with Crippen LogP contribution in [0, 0.1) is 12.7 Å². The van der Waals surface area contributed by atoms with Gasteiger partial charge in [-0.25, -0.2) is 9.11 Å². The number of amides is 1. The molecule has 0 aromatic heterocycles. The van der Waals surface area contributed by atoms with Gasteiger partial charge in [0.05, 0.1) is 24.4 Å². The van der Waals surface area contributed by atoms with Crippen molar-refractivity contribution in [1.82, 2.24) is 5.32 Å². The maximum Gasteiger partial charge on any atom is 0.254 e. The fourth-order valence-electron chi connectivity index (χ4n) is 2.86. The number of hydrogen-bond donors (Lipinski definition) is 2. The van der Waals surface area contributed by atoms with Crippen LogP contribution >= 0.6 is 0 Å². The number of carbonyl (C=O) groups excluding carboxylic acids is 1. The molecule has 0 saturated carbocycles. The van der Waals surface area contributed by atoms with E-state index in [1.165, 1.54) is 19.2 Å². The Bertz CT molecular complexity index is 1010. The number of carbonyl (C=O) groups is 1. The van der Waals surface area contributed by atoms with Crippen LogP contribution in [0.25, 0.3) is 0 Å². The van der Waals surface area contributed by atoms with Gasteiger partial charge in [0.15, 0.2) is 4.90 Å². The fraction of sp³-hybridized carbons (Fsp3) is 0.174. The molecule has 1 amide bonds. The first kappa shape index (κ1) is 21.7. The summed E-state index contributed by atoms with van der Waals surface area (Å²) in [6.07, 6.45) is 0. The van der Waals surface area contributed by atoms with Gasteiger partial charge in [-0.2, -0.15) is 0 Å². The molecule has 0 fully saturated rings. The molecule has 0 heterocycles. The van der Waals surface area contributed by atoms with E-state index in [2.05, 4.69) is 10.0 Å². The number of nitrogens with one attached hydrogen (secondary N) is 2. The zero-order chi connectivity index (χ0) is 21.7. The Morgan fingerprint density at radius 3 is 2.37 bits per heavy atom. The summed E-state index contributed by atoms with van der Waals surface area (Å²) in [6.45, 7) is 3.76. The highest BCUT2D eigenvalue weighted by Crippen LogP contribution is 2.26. The predicted octanol–water partition coefficient (Wildman–Crippen LogP) is 4.77. The van der Waals surface area contributed by atoms with Crippen molar-refractivity contribution in [3.05, 3.63) is 89.2 Å². The topological polar surface area (TPSA) is 73.4 Å². The molecule has 3 aromatic rings. The lowest BCUT2D eigenvalue weighted by atomic mass is 10.1. The highest BCUT2D eigenvalue weighted by atomic mass is 32.2. The third-order valence-corrected chi connectivity index (χ3v) is 5.73. The van der Waals surface area contributed by atoms with Crippen molar-refractivity contribution in [1.29, 1.82) is 0 Å². The van der Waals surface area contributed by atoms with Gasteiger partial charge in [0.2, 0.25) is 0 Å². The second kappa shape index (κ2) is 9.65. The third-order valence-electron chi connectivity index (χ3n) is 4.63. The van der Waals surface area contributed by atoms with E-state index in [0.29, 0.717) is 21.9 Å². The minimum Gasteiger partial charge on any atom is -0.588 e. The molecule has 0 aliphatic carbocycles. The van der Waals surface area contributed by atoms with Gasteiger partial charge in [0, 0.05) is 0 Å². The SMILES string of the molecule is COc1ccc(N[S+]([O-])c2ccc(C)cc2)c(C(=O)NC(C)c2ccc(F)cc2)c1. The monoisotopic (exact) mass is 426 g/mol. The first-order valence-electron chi connectivity index (χ1n) is 9.37. The van der Waals surface area contributed by atoms with Gasteiger partial charge < -0.3 is 14.6 Å². The van der Waals surface area contributed by atoms with Crippen molar-refractivity contribution in [2.45, 2.75) is 24.8 Å². The molecule has 2 unspecified atom stereocenters. The Kier molecular flexibility index (Phi) is 6.97. The number of halogens is 1. The van der Waals surface area contributed by atoms with Gasteiger partial charge in [-0.1, -0.05) is 29.8 Å². The van der Waals surface area contributed by atoms with Crippen LogP contribution in [-0.2, 0) is 11.4 Å². The molecule has 7 heteroatoms. The predicted molar refractivity (Wildman–Crippen MR) is 116 cm³/mol. The summed E-state index contributed by atoms with van der Waals surface area (Å²) < 4.78 is 34.0. The fourth-order valence-corrected chi connectivity index (χ4v) is 3.74. The standard InChI is InChI=1S/C23H23FN2O3S/c1-15-4-11-20(12-5-15)30(28)26-22-13-10-19(29-3)14-21(22)23(27)25-16(2)17-6-8-18(24)9-7-17/h4-14,16,26H,1-3H3,(H,25,27). The Balaban J connectivity index is 1.82. The van der Waals surface area contributed by atoms with E-state index in [4.69, 9.17) is 4.74 Å². The smallest absolute Gasteiger partial charge is 0.254 e. The summed E-state index contributed by atoms with van der Waals surface area (Å²) in [5, 5.41) is 2.89. The number of rotatable bonds is 7. The van der Waals surface area contributed by atoms with Crippen molar-refractivity contribution in [2.24, 2.45) is 0 Å². The molecule has 0 radical (unpaired) electrons.